The van der Waals surface area contributed by atoms with Crippen molar-refractivity contribution in [2.75, 3.05) is 45.5 Å². The number of amides is 1. The molecule has 0 saturated carbocycles. The average molecular weight is 291 g/mol. The second-order valence-electron chi connectivity index (χ2n) is 5.13. The van der Waals surface area contributed by atoms with Crippen LogP contribution in [0.15, 0.2) is 0 Å². The van der Waals surface area contributed by atoms with Gasteiger partial charge in [0.05, 0.1) is 0 Å². The molecule has 1 unspecified atom stereocenters. The Labute approximate surface area is 115 Å². The number of hydrogen-bond acceptors (Lipinski definition) is 5. The lowest BCUT2D eigenvalue weighted by atomic mass is 10.2. The summed E-state index contributed by atoms with van der Waals surface area (Å²) in [5.74, 6) is -0.274. The van der Waals surface area contributed by atoms with Crippen LogP contribution < -0.4 is 5.73 Å². The molecule has 1 fully saturated rings. The van der Waals surface area contributed by atoms with Crippen molar-refractivity contribution < 1.29 is 13.2 Å². The number of hydrogen-bond donors (Lipinski definition) is 1. The zero-order chi connectivity index (χ0) is 14.5. The molecule has 2 N–H and O–H groups in total. The maximum atomic E-state index is 12.0. The van der Waals surface area contributed by atoms with Crippen LogP contribution in [0.3, 0.4) is 0 Å². The van der Waals surface area contributed by atoms with Gasteiger partial charge in [0, 0.05) is 32.4 Å². The van der Waals surface area contributed by atoms with Gasteiger partial charge in [0.15, 0.2) is 9.84 Å². The summed E-state index contributed by atoms with van der Waals surface area (Å²) in [7, 11) is -3.30. The highest BCUT2D eigenvalue weighted by atomic mass is 32.2. The van der Waals surface area contributed by atoms with Gasteiger partial charge in [0.1, 0.15) is 5.25 Å². The lowest BCUT2D eigenvalue weighted by Gasteiger charge is -2.35. The van der Waals surface area contributed by atoms with E-state index >= 15 is 0 Å². The largest absolute Gasteiger partial charge is 0.339 e. The normalized spacial score (nSPS) is 19.4. The SMILES string of the molecule is CC(C(=O)N1CCN(CCCCN)CC1)S(C)(=O)=O. The molecule has 0 aromatic heterocycles. The first-order chi connectivity index (χ1) is 8.86. The fourth-order valence-electron chi connectivity index (χ4n) is 2.11. The molecular formula is C12H25N3O3S. The van der Waals surface area contributed by atoms with Crippen molar-refractivity contribution in [2.24, 2.45) is 5.73 Å². The van der Waals surface area contributed by atoms with Crippen LogP contribution in [0.25, 0.3) is 0 Å². The van der Waals surface area contributed by atoms with E-state index in [2.05, 4.69) is 4.90 Å². The third kappa shape index (κ3) is 5.08. The number of nitrogens with zero attached hydrogens (tertiary/aromatic N) is 2. The molecule has 1 saturated heterocycles. The van der Waals surface area contributed by atoms with E-state index in [1.807, 2.05) is 0 Å². The standard InChI is InChI=1S/C12H25N3O3S/c1-11(19(2,17)18)12(16)15-9-7-14(8-10-15)6-4-3-5-13/h11H,3-10,13H2,1-2H3. The van der Waals surface area contributed by atoms with E-state index in [1.54, 1.807) is 4.90 Å². The second-order valence-corrected chi connectivity index (χ2v) is 7.50. The Kier molecular flexibility index (Phi) is 6.22. The molecule has 112 valence electrons. The van der Waals surface area contributed by atoms with Crippen molar-refractivity contribution in [3.05, 3.63) is 0 Å². The molecule has 19 heavy (non-hydrogen) atoms. The van der Waals surface area contributed by atoms with Crippen LogP contribution in [-0.2, 0) is 14.6 Å². The minimum absolute atomic E-state index is 0.274. The van der Waals surface area contributed by atoms with E-state index in [0.29, 0.717) is 19.6 Å². The Hall–Kier alpha value is -0.660. The van der Waals surface area contributed by atoms with E-state index in [0.717, 1.165) is 38.7 Å². The number of nitrogens with two attached hydrogens (primary N) is 1. The zero-order valence-corrected chi connectivity index (χ0v) is 12.7. The number of unbranched alkanes of at least 4 members (excludes halogenated alkanes) is 1. The fraction of sp³-hybridized carbons (Fsp3) is 0.917. The minimum atomic E-state index is -3.30. The van der Waals surface area contributed by atoms with Gasteiger partial charge in [-0.1, -0.05) is 0 Å². The van der Waals surface area contributed by atoms with Gasteiger partial charge >= 0.3 is 0 Å². The molecule has 0 aliphatic carbocycles. The van der Waals surface area contributed by atoms with Gasteiger partial charge in [-0.15, -0.1) is 0 Å². The molecule has 1 heterocycles. The lowest BCUT2D eigenvalue weighted by molar-refractivity contribution is -0.132. The monoisotopic (exact) mass is 291 g/mol. The lowest BCUT2D eigenvalue weighted by Crippen LogP contribution is -2.52. The van der Waals surface area contributed by atoms with Crippen molar-refractivity contribution >= 4 is 15.7 Å². The van der Waals surface area contributed by atoms with E-state index < -0.39 is 15.1 Å². The maximum Gasteiger partial charge on any atom is 0.240 e. The van der Waals surface area contributed by atoms with Crippen LogP contribution in [0.5, 0.6) is 0 Å². The Morgan fingerprint density at radius 3 is 2.26 bits per heavy atom. The van der Waals surface area contributed by atoms with E-state index in [-0.39, 0.29) is 5.91 Å². The molecule has 1 amide bonds. The summed E-state index contributed by atoms with van der Waals surface area (Å²) in [4.78, 5) is 16.0. The summed E-state index contributed by atoms with van der Waals surface area (Å²) in [6.07, 6.45) is 3.20. The highest BCUT2D eigenvalue weighted by Crippen LogP contribution is 2.09. The molecule has 7 heteroatoms. The quantitative estimate of drug-likeness (QED) is 0.654. The Morgan fingerprint density at radius 1 is 1.21 bits per heavy atom. The first-order valence-electron chi connectivity index (χ1n) is 6.76. The third-order valence-electron chi connectivity index (χ3n) is 3.60. The molecule has 1 aliphatic rings. The van der Waals surface area contributed by atoms with Crippen LogP contribution in [0.2, 0.25) is 0 Å². The van der Waals surface area contributed by atoms with Crippen molar-refractivity contribution in [1.29, 1.82) is 0 Å². The van der Waals surface area contributed by atoms with Crippen LogP contribution in [0, 0.1) is 0 Å². The van der Waals surface area contributed by atoms with Crippen molar-refractivity contribution in [3.8, 4) is 0 Å². The minimum Gasteiger partial charge on any atom is -0.339 e. The second kappa shape index (κ2) is 7.21. The highest BCUT2D eigenvalue weighted by molar-refractivity contribution is 7.92. The van der Waals surface area contributed by atoms with Crippen molar-refractivity contribution in [3.63, 3.8) is 0 Å². The van der Waals surface area contributed by atoms with Gasteiger partial charge in [0.25, 0.3) is 0 Å². The van der Waals surface area contributed by atoms with Crippen LogP contribution >= 0.6 is 0 Å². The highest BCUT2D eigenvalue weighted by Gasteiger charge is 2.30. The molecule has 1 aliphatic heterocycles. The van der Waals surface area contributed by atoms with Gasteiger partial charge in [-0.25, -0.2) is 8.42 Å². The first kappa shape index (κ1) is 16.4. The molecule has 0 radical (unpaired) electrons. The predicted molar refractivity (Wildman–Crippen MR) is 75.6 cm³/mol. The number of sulfone groups is 1. The molecule has 6 nitrogen and oxygen atoms in total. The summed E-state index contributed by atoms with van der Waals surface area (Å²) in [6, 6.07) is 0. The summed E-state index contributed by atoms with van der Waals surface area (Å²) in [5.41, 5.74) is 5.45. The van der Waals surface area contributed by atoms with Gasteiger partial charge in [-0.05, 0) is 32.9 Å². The number of carbonyl (C=O) groups is 1. The molecule has 1 atom stereocenters. The summed E-state index contributed by atoms with van der Waals surface area (Å²) in [6.45, 7) is 6.03. The molecule has 0 spiro atoms. The Morgan fingerprint density at radius 2 is 1.79 bits per heavy atom. The Bertz CT molecular complexity index is 389. The summed E-state index contributed by atoms with van der Waals surface area (Å²) < 4.78 is 22.8. The molecule has 0 aromatic carbocycles. The predicted octanol–water partition coefficient (Wildman–Crippen LogP) is -0.697. The Balaban J connectivity index is 2.39. The molecule has 0 bridgehead atoms. The van der Waals surface area contributed by atoms with Gasteiger partial charge in [-0.3, -0.25) is 9.69 Å². The van der Waals surface area contributed by atoms with E-state index in [9.17, 15) is 13.2 Å². The smallest absolute Gasteiger partial charge is 0.240 e. The van der Waals surface area contributed by atoms with Crippen LogP contribution in [-0.4, -0.2) is 74.9 Å². The number of piperazine rings is 1. The van der Waals surface area contributed by atoms with Crippen LogP contribution in [0.1, 0.15) is 19.8 Å². The van der Waals surface area contributed by atoms with Gasteiger partial charge in [-0.2, -0.15) is 0 Å². The summed E-state index contributed by atoms with van der Waals surface area (Å²) in [5, 5.41) is -0.934. The van der Waals surface area contributed by atoms with Crippen molar-refractivity contribution in [2.45, 2.75) is 25.0 Å². The fourth-order valence-corrected chi connectivity index (χ4v) is 2.63. The van der Waals surface area contributed by atoms with Crippen molar-refractivity contribution in [1.82, 2.24) is 9.80 Å². The van der Waals surface area contributed by atoms with Gasteiger partial charge < -0.3 is 10.6 Å². The molecular weight excluding hydrogens is 266 g/mol. The molecule has 1 rings (SSSR count). The van der Waals surface area contributed by atoms with Crippen LogP contribution in [0.4, 0.5) is 0 Å². The molecule has 0 aromatic rings. The topological polar surface area (TPSA) is 83.7 Å². The zero-order valence-electron chi connectivity index (χ0n) is 11.8. The number of rotatable bonds is 6. The third-order valence-corrected chi connectivity index (χ3v) is 5.09. The maximum absolute atomic E-state index is 12.0. The van der Waals surface area contributed by atoms with E-state index in [4.69, 9.17) is 5.73 Å². The van der Waals surface area contributed by atoms with E-state index in [1.165, 1.54) is 6.92 Å². The average Bonchev–Trinajstić information content (AvgIpc) is 2.37. The number of carbonyl (C=O) groups excluding carboxylic acids is 1. The van der Waals surface area contributed by atoms with Gasteiger partial charge in [0.2, 0.25) is 5.91 Å². The summed E-state index contributed by atoms with van der Waals surface area (Å²) >= 11 is 0. The first-order valence-corrected chi connectivity index (χ1v) is 8.71.